The predicted octanol–water partition coefficient (Wildman–Crippen LogP) is 3.47. The van der Waals surface area contributed by atoms with E-state index in [1.54, 1.807) is 18.2 Å². The zero-order valence-corrected chi connectivity index (χ0v) is 11.9. The first kappa shape index (κ1) is 13.6. The minimum atomic E-state index is -0.628. The summed E-state index contributed by atoms with van der Waals surface area (Å²) in [5.41, 5.74) is 2.31. The zero-order valence-electron chi connectivity index (χ0n) is 11.1. The van der Waals surface area contributed by atoms with Crippen LogP contribution in [-0.4, -0.2) is 17.7 Å². The van der Waals surface area contributed by atoms with E-state index in [2.05, 4.69) is 10.5 Å². The van der Waals surface area contributed by atoms with Crippen molar-refractivity contribution < 1.29 is 9.63 Å². The lowest BCUT2D eigenvalue weighted by molar-refractivity contribution is -0.125. The molecule has 1 amide bonds. The van der Waals surface area contributed by atoms with Crippen molar-refractivity contribution in [2.45, 2.75) is 12.5 Å². The highest BCUT2D eigenvalue weighted by Gasteiger charge is 2.29. The van der Waals surface area contributed by atoms with Crippen molar-refractivity contribution in [1.82, 2.24) is 0 Å². The standard InChI is InChI=1S/C16H13ClN2O2/c17-12-8-4-5-9-13(12)18-16(20)15-10-14(19-21-15)11-6-2-1-3-7-11/h1-9,15H,10H2,(H,18,20)/t15-/m0/s1. The fraction of sp³-hybridized carbons (Fsp3) is 0.125. The number of amides is 1. The molecule has 21 heavy (non-hydrogen) atoms. The molecule has 1 aliphatic rings. The van der Waals surface area contributed by atoms with Gasteiger partial charge in [0.05, 0.1) is 16.4 Å². The maximum Gasteiger partial charge on any atom is 0.268 e. The average molecular weight is 301 g/mol. The van der Waals surface area contributed by atoms with Gasteiger partial charge in [0.2, 0.25) is 6.10 Å². The van der Waals surface area contributed by atoms with Crippen molar-refractivity contribution in [2.75, 3.05) is 5.32 Å². The number of hydrogen-bond donors (Lipinski definition) is 1. The molecule has 0 saturated heterocycles. The van der Waals surface area contributed by atoms with E-state index < -0.39 is 6.10 Å². The number of para-hydroxylation sites is 1. The van der Waals surface area contributed by atoms with Crippen LogP contribution in [0.3, 0.4) is 0 Å². The van der Waals surface area contributed by atoms with Crippen molar-refractivity contribution in [2.24, 2.45) is 5.16 Å². The third kappa shape index (κ3) is 3.06. The second kappa shape index (κ2) is 5.97. The molecule has 0 aromatic heterocycles. The van der Waals surface area contributed by atoms with Crippen molar-refractivity contribution in [3.8, 4) is 0 Å². The molecule has 1 atom stereocenters. The second-order valence-corrected chi connectivity index (χ2v) is 5.08. The molecule has 4 nitrogen and oxygen atoms in total. The zero-order chi connectivity index (χ0) is 14.7. The van der Waals surface area contributed by atoms with E-state index in [9.17, 15) is 4.79 Å². The summed E-state index contributed by atoms with van der Waals surface area (Å²) < 4.78 is 0. The summed E-state index contributed by atoms with van der Waals surface area (Å²) in [6.07, 6.45) is -0.184. The summed E-state index contributed by atoms with van der Waals surface area (Å²) in [7, 11) is 0. The maximum atomic E-state index is 12.2. The molecule has 0 bridgehead atoms. The number of rotatable bonds is 3. The number of anilines is 1. The largest absolute Gasteiger partial charge is 0.382 e. The summed E-state index contributed by atoms with van der Waals surface area (Å²) in [5, 5.41) is 7.24. The highest BCUT2D eigenvalue weighted by Crippen LogP contribution is 2.23. The van der Waals surface area contributed by atoms with Gasteiger partial charge in [0.15, 0.2) is 0 Å². The molecule has 0 aliphatic carbocycles. The van der Waals surface area contributed by atoms with Crippen LogP contribution >= 0.6 is 11.6 Å². The fourth-order valence-electron chi connectivity index (χ4n) is 2.09. The number of halogens is 1. The van der Waals surface area contributed by atoms with E-state index in [1.165, 1.54) is 0 Å². The van der Waals surface area contributed by atoms with E-state index in [0.29, 0.717) is 17.1 Å². The SMILES string of the molecule is O=C(Nc1ccccc1Cl)[C@@H]1CC(c2ccccc2)=NO1. The minimum Gasteiger partial charge on any atom is -0.382 e. The summed E-state index contributed by atoms with van der Waals surface area (Å²) in [4.78, 5) is 17.4. The molecule has 3 rings (SSSR count). The van der Waals surface area contributed by atoms with Crippen LogP contribution in [0, 0.1) is 0 Å². The third-order valence-electron chi connectivity index (χ3n) is 3.20. The first-order valence-electron chi connectivity index (χ1n) is 6.57. The topological polar surface area (TPSA) is 50.7 Å². The quantitative estimate of drug-likeness (QED) is 0.943. The Morgan fingerprint density at radius 1 is 1.14 bits per heavy atom. The number of carbonyl (C=O) groups excluding carboxylic acids is 1. The van der Waals surface area contributed by atoms with Crippen LogP contribution in [0.5, 0.6) is 0 Å². The number of benzene rings is 2. The Labute approximate surface area is 127 Å². The van der Waals surface area contributed by atoms with E-state index >= 15 is 0 Å². The van der Waals surface area contributed by atoms with Crippen LogP contribution in [0.1, 0.15) is 12.0 Å². The Bertz CT molecular complexity index is 686. The molecule has 0 unspecified atom stereocenters. The molecular weight excluding hydrogens is 288 g/mol. The van der Waals surface area contributed by atoms with Crippen molar-refractivity contribution >= 4 is 28.9 Å². The normalized spacial score (nSPS) is 17.0. The molecule has 0 fully saturated rings. The number of oxime groups is 1. The minimum absolute atomic E-state index is 0.252. The predicted molar refractivity (Wildman–Crippen MR) is 82.6 cm³/mol. The molecule has 0 spiro atoms. The molecule has 5 heteroatoms. The van der Waals surface area contributed by atoms with Gasteiger partial charge >= 0.3 is 0 Å². The Hall–Kier alpha value is -2.33. The van der Waals surface area contributed by atoms with E-state index in [-0.39, 0.29) is 5.91 Å². The highest BCUT2D eigenvalue weighted by molar-refractivity contribution is 6.33. The lowest BCUT2D eigenvalue weighted by Crippen LogP contribution is -2.28. The molecule has 0 radical (unpaired) electrons. The highest BCUT2D eigenvalue weighted by atomic mass is 35.5. The third-order valence-corrected chi connectivity index (χ3v) is 3.53. The molecule has 1 heterocycles. The van der Waals surface area contributed by atoms with Gasteiger partial charge in [0.25, 0.3) is 5.91 Å². The van der Waals surface area contributed by atoms with Crippen LogP contribution in [-0.2, 0) is 9.63 Å². The lowest BCUT2D eigenvalue weighted by atomic mass is 10.0. The lowest BCUT2D eigenvalue weighted by Gasteiger charge is -2.10. The van der Waals surface area contributed by atoms with E-state index in [4.69, 9.17) is 16.4 Å². The van der Waals surface area contributed by atoms with Gasteiger partial charge in [-0.1, -0.05) is 59.2 Å². The van der Waals surface area contributed by atoms with Gasteiger partial charge in [-0.2, -0.15) is 0 Å². The summed E-state index contributed by atoms with van der Waals surface area (Å²) in [6, 6.07) is 16.7. The van der Waals surface area contributed by atoms with Crippen molar-refractivity contribution in [1.29, 1.82) is 0 Å². The molecule has 2 aromatic rings. The summed E-state index contributed by atoms with van der Waals surface area (Å²) in [5.74, 6) is -0.252. The van der Waals surface area contributed by atoms with Crippen LogP contribution in [0.4, 0.5) is 5.69 Å². The van der Waals surface area contributed by atoms with Crippen molar-refractivity contribution in [3.05, 3.63) is 65.2 Å². The number of nitrogens with zero attached hydrogens (tertiary/aromatic N) is 1. The van der Waals surface area contributed by atoms with E-state index in [1.807, 2.05) is 36.4 Å². The fourth-order valence-corrected chi connectivity index (χ4v) is 2.28. The molecule has 106 valence electrons. The Balaban J connectivity index is 1.65. The van der Waals surface area contributed by atoms with Crippen molar-refractivity contribution in [3.63, 3.8) is 0 Å². The average Bonchev–Trinajstić information content (AvgIpc) is 3.00. The summed E-state index contributed by atoms with van der Waals surface area (Å²) >= 11 is 6.02. The Kier molecular flexibility index (Phi) is 3.88. The van der Waals surface area contributed by atoms with Gasteiger partial charge in [-0.3, -0.25) is 4.79 Å². The summed E-state index contributed by atoms with van der Waals surface area (Å²) in [6.45, 7) is 0. The Morgan fingerprint density at radius 2 is 1.86 bits per heavy atom. The maximum absolute atomic E-state index is 12.2. The van der Waals surface area contributed by atoms with Gasteiger partial charge in [0.1, 0.15) is 0 Å². The monoisotopic (exact) mass is 300 g/mol. The first-order chi connectivity index (χ1) is 10.2. The van der Waals surface area contributed by atoms with Crippen LogP contribution in [0.15, 0.2) is 59.8 Å². The van der Waals surface area contributed by atoms with Crippen LogP contribution in [0.25, 0.3) is 0 Å². The Morgan fingerprint density at radius 3 is 2.62 bits per heavy atom. The molecule has 1 aliphatic heterocycles. The number of hydrogen-bond acceptors (Lipinski definition) is 3. The second-order valence-electron chi connectivity index (χ2n) is 4.67. The van der Waals surface area contributed by atoms with Crippen LogP contribution in [0.2, 0.25) is 5.02 Å². The van der Waals surface area contributed by atoms with Crippen LogP contribution < -0.4 is 5.32 Å². The van der Waals surface area contributed by atoms with Gasteiger partial charge in [-0.25, -0.2) is 0 Å². The molecule has 2 aromatic carbocycles. The van der Waals surface area contributed by atoms with Gasteiger partial charge in [-0.05, 0) is 17.7 Å². The van der Waals surface area contributed by atoms with Gasteiger partial charge in [0, 0.05) is 6.42 Å². The van der Waals surface area contributed by atoms with E-state index in [0.717, 1.165) is 11.3 Å². The smallest absolute Gasteiger partial charge is 0.268 e. The number of carbonyl (C=O) groups is 1. The molecule has 1 N–H and O–H groups in total. The van der Waals surface area contributed by atoms with Gasteiger partial charge in [-0.15, -0.1) is 0 Å². The molecule has 0 saturated carbocycles. The van der Waals surface area contributed by atoms with Gasteiger partial charge < -0.3 is 10.2 Å². The molecular formula is C16H13ClN2O2. The number of nitrogens with one attached hydrogen (secondary N) is 1. The first-order valence-corrected chi connectivity index (χ1v) is 6.95.